The van der Waals surface area contributed by atoms with Crippen molar-refractivity contribution in [2.24, 2.45) is 5.92 Å². The highest BCUT2D eigenvalue weighted by Gasteiger charge is 2.33. The highest BCUT2D eigenvalue weighted by molar-refractivity contribution is 7.91. The van der Waals surface area contributed by atoms with Crippen LogP contribution < -0.4 is 5.32 Å². The summed E-state index contributed by atoms with van der Waals surface area (Å²) in [5, 5.41) is 2.87. The van der Waals surface area contributed by atoms with Gasteiger partial charge in [-0.2, -0.15) is 0 Å². The fourth-order valence-corrected chi connectivity index (χ4v) is 3.90. The minimum absolute atomic E-state index is 0.0135. The number of rotatable bonds is 3. The molecule has 0 bridgehead atoms. The highest BCUT2D eigenvalue weighted by Crippen LogP contribution is 2.20. The fourth-order valence-electron chi connectivity index (χ4n) is 2.16. The van der Waals surface area contributed by atoms with E-state index in [9.17, 15) is 13.2 Å². The Morgan fingerprint density at radius 3 is 2.56 bits per heavy atom. The van der Waals surface area contributed by atoms with Crippen LogP contribution in [0.2, 0.25) is 0 Å². The van der Waals surface area contributed by atoms with Crippen LogP contribution in [0, 0.1) is 5.92 Å². The number of carbonyl (C=O) groups excluding carboxylic acids is 1. The van der Waals surface area contributed by atoms with Crippen molar-refractivity contribution >= 4 is 15.7 Å². The lowest BCUT2D eigenvalue weighted by Crippen LogP contribution is -2.33. The van der Waals surface area contributed by atoms with Gasteiger partial charge in [0.15, 0.2) is 9.84 Å². The van der Waals surface area contributed by atoms with Gasteiger partial charge in [-0.15, -0.1) is 0 Å². The third-order valence-electron chi connectivity index (χ3n) is 3.26. The first-order valence-corrected chi connectivity index (χ1v) is 7.86. The molecular weight excluding hydrogens is 250 g/mol. The van der Waals surface area contributed by atoms with Gasteiger partial charge in [-0.25, -0.2) is 8.42 Å². The van der Waals surface area contributed by atoms with Crippen LogP contribution in [0.5, 0.6) is 0 Å². The van der Waals surface area contributed by atoms with E-state index in [0.29, 0.717) is 6.42 Å². The molecule has 98 valence electrons. The zero-order chi connectivity index (χ0) is 13.2. The topological polar surface area (TPSA) is 63.2 Å². The molecule has 1 fully saturated rings. The number of hydrogen-bond donors (Lipinski definition) is 1. The molecule has 2 atom stereocenters. The summed E-state index contributed by atoms with van der Waals surface area (Å²) in [4.78, 5) is 11.9. The molecule has 0 unspecified atom stereocenters. The Hall–Kier alpha value is -1.36. The predicted octanol–water partition coefficient (Wildman–Crippen LogP) is 1.30. The molecule has 1 aliphatic heterocycles. The molecule has 1 aromatic rings. The number of nitrogens with one attached hydrogen (secondary N) is 1. The molecule has 0 radical (unpaired) electrons. The fraction of sp³-hybridized carbons (Fsp3) is 0.462. The maximum atomic E-state index is 11.9. The average Bonchev–Trinajstić information content (AvgIpc) is 2.71. The van der Waals surface area contributed by atoms with Crippen LogP contribution >= 0.6 is 0 Å². The zero-order valence-electron chi connectivity index (χ0n) is 10.3. The van der Waals surface area contributed by atoms with E-state index in [1.54, 1.807) is 0 Å². The van der Waals surface area contributed by atoms with E-state index < -0.39 is 9.84 Å². The highest BCUT2D eigenvalue weighted by atomic mass is 32.2. The van der Waals surface area contributed by atoms with Gasteiger partial charge in [-0.3, -0.25) is 4.79 Å². The Morgan fingerprint density at radius 2 is 2.00 bits per heavy atom. The van der Waals surface area contributed by atoms with Gasteiger partial charge < -0.3 is 5.32 Å². The summed E-state index contributed by atoms with van der Waals surface area (Å²) < 4.78 is 22.6. The quantitative estimate of drug-likeness (QED) is 0.897. The SMILES string of the molecule is C[C@@H](NC(=O)[C@H]1CCS(=O)(=O)C1)c1ccccc1. The molecule has 0 aliphatic carbocycles. The van der Waals surface area contributed by atoms with Crippen molar-refractivity contribution in [2.75, 3.05) is 11.5 Å². The third-order valence-corrected chi connectivity index (χ3v) is 5.03. The molecule has 5 heteroatoms. The van der Waals surface area contributed by atoms with E-state index in [0.717, 1.165) is 5.56 Å². The number of benzene rings is 1. The van der Waals surface area contributed by atoms with E-state index in [4.69, 9.17) is 0 Å². The first-order valence-electron chi connectivity index (χ1n) is 6.04. The molecule has 1 saturated heterocycles. The van der Waals surface area contributed by atoms with Crippen molar-refractivity contribution in [1.82, 2.24) is 5.32 Å². The Morgan fingerprint density at radius 1 is 1.33 bits per heavy atom. The maximum Gasteiger partial charge on any atom is 0.224 e. The van der Waals surface area contributed by atoms with Gasteiger partial charge in [0.25, 0.3) is 0 Å². The minimum atomic E-state index is -3.00. The van der Waals surface area contributed by atoms with Crippen LogP contribution in [-0.4, -0.2) is 25.8 Å². The lowest BCUT2D eigenvalue weighted by molar-refractivity contribution is -0.124. The Kier molecular flexibility index (Phi) is 3.71. The molecular formula is C13H17NO3S. The molecule has 1 N–H and O–H groups in total. The van der Waals surface area contributed by atoms with Gasteiger partial charge in [-0.1, -0.05) is 30.3 Å². The second kappa shape index (κ2) is 5.10. The van der Waals surface area contributed by atoms with Crippen LogP contribution in [0.15, 0.2) is 30.3 Å². The summed E-state index contributed by atoms with van der Waals surface area (Å²) >= 11 is 0. The van der Waals surface area contributed by atoms with Crippen LogP contribution in [0.3, 0.4) is 0 Å². The van der Waals surface area contributed by atoms with Crippen molar-refractivity contribution in [3.63, 3.8) is 0 Å². The smallest absolute Gasteiger partial charge is 0.224 e. The molecule has 2 rings (SSSR count). The summed E-state index contributed by atoms with van der Waals surface area (Å²) in [5.41, 5.74) is 1.02. The summed E-state index contributed by atoms with van der Waals surface area (Å²) in [6.45, 7) is 1.90. The number of sulfone groups is 1. The van der Waals surface area contributed by atoms with E-state index >= 15 is 0 Å². The first-order chi connectivity index (χ1) is 8.48. The van der Waals surface area contributed by atoms with Gasteiger partial charge >= 0.3 is 0 Å². The second-order valence-corrected chi connectivity index (χ2v) is 6.97. The lowest BCUT2D eigenvalue weighted by atomic mass is 10.1. The molecule has 1 amide bonds. The number of amides is 1. The van der Waals surface area contributed by atoms with Gasteiger partial charge in [-0.05, 0) is 18.9 Å². The van der Waals surface area contributed by atoms with E-state index in [1.165, 1.54) is 0 Å². The normalized spacial score (nSPS) is 23.5. The van der Waals surface area contributed by atoms with Crippen LogP contribution in [0.1, 0.15) is 24.9 Å². The lowest BCUT2D eigenvalue weighted by Gasteiger charge is -2.16. The summed E-state index contributed by atoms with van der Waals surface area (Å²) in [6.07, 6.45) is 0.440. The van der Waals surface area contributed by atoms with Crippen LogP contribution in [0.25, 0.3) is 0 Å². The third kappa shape index (κ3) is 3.10. The van der Waals surface area contributed by atoms with Crippen LogP contribution in [0.4, 0.5) is 0 Å². The van der Waals surface area contributed by atoms with Gasteiger partial charge in [0.05, 0.1) is 23.5 Å². The van der Waals surface area contributed by atoms with Gasteiger partial charge in [0.1, 0.15) is 0 Å². The molecule has 4 nitrogen and oxygen atoms in total. The largest absolute Gasteiger partial charge is 0.349 e. The molecule has 1 aliphatic rings. The van der Waals surface area contributed by atoms with E-state index in [-0.39, 0.29) is 29.4 Å². The van der Waals surface area contributed by atoms with Gasteiger partial charge in [0, 0.05) is 0 Å². The van der Waals surface area contributed by atoms with Crippen LogP contribution in [-0.2, 0) is 14.6 Å². The van der Waals surface area contributed by atoms with Crippen molar-refractivity contribution in [1.29, 1.82) is 0 Å². The number of carbonyl (C=O) groups is 1. The van der Waals surface area contributed by atoms with E-state index in [1.807, 2.05) is 37.3 Å². The zero-order valence-corrected chi connectivity index (χ0v) is 11.1. The number of hydrogen-bond acceptors (Lipinski definition) is 3. The van der Waals surface area contributed by atoms with Gasteiger partial charge in [0.2, 0.25) is 5.91 Å². The van der Waals surface area contributed by atoms with Crippen molar-refractivity contribution in [2.45, 2.75) is 19.4 Å². The van der Waals surface area contributed by atoms with Crippen molar-refractivity contribution in [3.05, 3.63) is 35.9 Å². The van der Waals surface area contributed by atoms with Crippen molar-refractivity contribution in [3.8, 4) is 0 Å². The molecule has 0 aromatic heterocycles. The summed E-state index contributed by atoms with van der Waals surface area (Å²) in [6, 6.07) is 9.53. The Labute approximate surface area is 107 Å². The summed E-state index contributed by atoms with van der Waals surface area (Å²) in [7, 11) is -3.00. The predicted molar refractivity (Wildman–Crippen MR) is 69.8 cm³/mol. The molecule has 1 heterocycles. The van der Waals surface area contributed by atoms with Crippen molar-refractivity contribution < 1.29 is 13.2 Å². The minimum Gasteiger partial charge on any atom is -0.349 e. The molecule has 0 saturated carbocycles. The second-order valence-electron chi connectivity index (χ2n) is 4.74. The molecule has 0 spiro atoms. The molecule has 18 heavy (non-hydrogen) atoms. The average molecular weight is 267 g/mol. The monoisotopic (exact) mass is 267 g/mol. The Balaban J connectivity index is 1.96. The Bertz CT molecular complexity index is 524. The summed E-state index contributed by atoms with van der Waals surface area (Å²) in [5.74, 6) is -0.431. The first kappa shape index (κ1) is 13.1. The van der Waals surface area contributed by atoms with E-state index in [2.05, 4.69) is 5.32 Å². The standard InChI is InChI=1S/C13H17NO3S/c1-10(11-5-3-2-4-6-11)14-13(15)12-7-8-18(16,17)9-12/h2-6,10,12H,7-9H2,1H3,(H,14,15)/t10-,12+/m1/s1. The molecule has 1 aromatic carbocycles. The maximum absolute atomic E-state index is 11.9.